The molecule has 0 saturated carbocycles. The maximum absolute atomic E-state index is 12.4. The van der Waals surface area contributed by atoms with E-state index in [1.54, 1.807) is 12.1 Å². The van der Waals surface area contributed by atoms with Crippen LogP contribution in [-0.2, 0) is 24.3 Å². The third-order valence-corrected chi connectivity index (χ3v) is 5.05. The standard InChI is InChI=1S/C13H11NO6S/c1-14-11(13(16)9-6-19-7-20-9)12(15)8-4-2-3-5-10(8)21(14,17)18/h2-6,15H,7H2,1H3. The van der Waals surface area contributed by atoms with Crippen LogP contribution in [-0.4, -0.2) is 37.5 Å². The van der Waals surface area contributed by atoms with Crippen molar-refractivity contribution < 1.29 is 27.8 Å². The van der Waals surface area contributed by atoms with E-state index in [0.717, 1.165) is 10.6 Å². The second kappa shape index (κ2) is 4.52. The fourth-order valence-electron chi connectivity index (χ4n) is 2.16. The normalized spacial score (nSPS) is 19.5. The van der Waals surface area contributed by atoms with Gasteiger partial charge in [-0.2, -0.15) is 0 Å². The molecule has 110 valence electrons. The fourth-order valence-corrected chi connectivity index (χ4v) is 3.56. The topological polar surface area (TPSA) is 93.1 Å². The molecule has 1 aromatic carbocycles. The predicted molar refractivity (Wildman–Crippen MR) is 71.1 cm³/mol. The summed E-state index contributed by atoms with van der Waals surface area (Å²) in [7, 11) is -2.71. The lowest BCUT2D eigenvalue weighted by Gasteiger charge is -2.28. The molecule has 0 radical (unpaired) electrons. The van der Waals surface area contributed by atoms with Crippen LogP contribution in [0.1, 0.15) is 5.56 Å². The van der Waals surface area contributed by atoms with Crippen LogP contribution in [0.3, 0.4) is 0 Å². The summed E-state index contributed by atoms with van der Waals surface area (Å²) < 4.78 is 35.3. The van der Waals surface area contributed by atoms with Gasteiger partial charge in [0.05, 0.1) is 4.90 Å². The van der Waals surface area contributed by atoms with Crippen LogP contribution in [0.25, 0.3) is 5.76 Å². The highest BCUT2D eigenvalue weighted by Crippen LogP contribution is 2.35. The molecule has 0 aromatic heterocycles. The number of carbonyl (C=O) groups is 1. The Labute approximate surface area is 120 Å². The van der Waals surface area contributed by atoms with Crippen LogP contribution >= 0.6 is 0 Å². The molecule has 1 N–H and O–H groups in total. The Hall–Kier alpha value is -2.48. The molecule has 0 fully saturated rings. The van der Waals surface area contributed by atoms with E-state index >= 15 is 0 Å². The summed E-state index contributed by atoms with van der Waals surface area (Å²) in [6, 6.07) is 5.92. The summed E-state index contributed by atoms with van der Waals surface area (Å²) in [6.07, 6.45) is 1.09. The third kappa shape index (κ3) is 1.87. The van der Waals surface area contributed by atoms with Crippen molar-refractivity contribution in [1.82, 2.24) is 4.31 Å². The minimum Gasteiger partial charge on any atom is -0.505 e. The molecule has 0 spiro atoms. The van der Waals surface area contributed by atoms with Crippen LogP contribution in [0.2, 0.25) is 0 Å². The van der Waals surface area contributed by atoms with Gasteiger partial charge in [0.25, 0.3) is 15.8 Å². The second-order valence-electron chi connectivity index (χ2n) is 4.41. The van der Waals surface area contributed by atoms with Crippen LogP contribution in [0.4, 0.5) is 0 Å². The number of fused-ring (bicyclic) bond motifs is 1. The van der Waals surface area contributed by atoms with E-state index < -0.39 is 21.6 Å². The molecule has 0 bridgehead atoms. The lowest BCUT2D eigenvalue weighted by Crippen LogP contribution is -2.35. The van der Waals surface area contributed by atoms with E-state index in [2.05, 4.69) is 0 Å². The summed E-state index contributed by atoms with van der Waals surface area (Å²) in [4.78, 5) is 12.3. The molecule has 7 nitrogen and oxygen atoms in total. The summed E-state index contributed by atoms with van der Waals surface area (Å²) >= 11 is 0. The van der Waals surface area contributed by atoms with E-state index in [4.69, 9.17) is 9.47 Å². The highest BCUT2D eigenvalue weighted by Gasteiger charge is 2.39. The van der Waals surface area contributed by atoms with Crippen molar-refractivity contribution in [2.45, 2.75) is 4.90 Å². The predicted octanol–water partition coefficient (Wildman–Crippen LogP) is 0.962. The van der Waals surface area contributed by atoms with Gasteiger partial charge in [0, 0.05) is 12.6 Å². The number of ether oxygens (including phenoxy) is 2. The molecule has 0 unspecified atom stereocenters. The first-order valence-electron chi connectivity index (χ1n) is 5.95. The highest BCUT2D eigenvalue weighted by molar-refractivity contribution is 7.89. The average Bonchev–Trinajstić information content (AvgIpc) is 3.00. The Kier molecular flexibility index (Phi) is 2.91. The first kappa shape index (κ1) is 13.5. The smallest absolute Gasteiger partial charge is 0.265 e. The zero-order valence-corrected chi connectivity index (χ0v) is 11.8. The number of sulfonamides is 1. The Bertz CT molecular complexity index is 793. The number of carbonyl (C=O) groups excluding carboxylic acids is 1. The molecule has 0 amide bonds. The van der Waals surface area contributed by atoms with Crippen molar-refractivity contribution in [3.05, 3.63) is 47.5 Å². The van der Waals surface area contributed by atoms with Gasteiger partial charge >= 0.3 is 0 Å². The molecule has 2 heterocycles. The van der Waals surface area contributed by atoms with Crippen LogP contribution in [0.5, 0.6) is 0 Å². The van der Waals surface area contributed by atoms with Crippen molar-refractivity contribution in [2.24, 2.45) is 0 Å². The minimum atomic E-state index is -3.91. The third-order valence-electron chi connectivity index (χ3n) is 3.23. The Morgan fingerprint density at radius 1 is 1.33 bits per heavy atom. The molecule has 0 saturated heterocycles. The summed E-state index contributed by atoms with van der Waals surface area (Å²) in [5.74, 6) is -1.33. The monoisotopic (exact) mass is 309 g/mol. The maximum Gasteiger partial charge on any atom is 0.265 e. The number of ketones is 1. The zero-order valence-electron chi connectivity index (χ0n) is 10.9. The van der Waals surface area contributed by atoms with Gasteiger partial charge in [0.1, 0.15) is 12.0 Å². The Morgan fingerprint density at radius 2 is 2.05 bits per heavy atom. The summed E-state index contributed by atoms with van der Waals surface area (Å²) in [6.45, 7) is -0.123. The number of benzene rings is 1. The van der Waals surface area contributed by atoms with Crippen molar-refractivity contribution in [1.29, 1.82) is 0 Å². The van der Waals surface area contributed by atoms with Crippen molar-refractivity contribution in [3.8, 4) is 0 Å². The number of hydrogen-bond donors (Lipinski definition) is 1. The summed E-state index contributed by atoms with van der Waals surface area (Å²) in [5.41, 5.74) is -0.288. The number of aliphatic hydroxyl groups excluding tert-OH is 1. The largest absolute Gasteiger partial charge is 0.505 e. The highest BCUT2D eigenvalue weighted by atomic mass is 32.2. The molecule has 0 aliphatic carbocycles. The number of Topliss-reactive ketones (excluding diaryl/α,β-unsaturated/α-hetero) is 1. The number of nitrogens with zero attached hydrogens (tertiary/aromatic N) is 1. The van der Waals surface area contributed by atoms with Gasteiger partial charge in [-0.15, -0.1) is 0 Å². The second-order valence-corrected chi connectivity index (χ2v) is 6.34. The maximum atomic E-state index is 12.4. The molecule has 3 rings (SSSR count). The minimum absolute atomic E-state index is 0.0564. The van der Waals surface area contributed by atoms with E-state index in [9.17, 15) is 18.3 Å². The fraction of sp³-hybridized carbons (Fsp3) is 0.154. The molecule has 2 aliphatic rings. The van der Waals surface area contributed by atoms with Crippen LogP contribution in [0, 0.1) is 0 Å². The van der Waals surface area contributed by atoms with Gasteiger partial charge in [-0.25, -0.2) is 8.42 Å². The summed E-state index contributed by atoms with van der Waals surface area (Å²) in [5, 5.41) is 10.3. The molecule has 2 aliphatic heterocycles. The lowest BCUT2D eigenvalue weighted by molar-refractivity contribution is -0.116. The quantitative estimate of drug-likeness (QED) is 0.874. The first-order chi connectivity index (χ1) is 9.94. The van der Waals surface area contributed by atoms with Gasteiger partial charge in [-0.3, -0.25) is 9.10 Å². The SMILES string of the molecule is CN1C(C(=O)C2=COCO2)=C(O)c2ccccc2S1(=O)=O. The molecular formula is C13H11NO6S. The number of hydrogen-bond acceptors (Lipinski definition) is 6. The van der Waals surface area contributed by atoms with Crippen molar-refractivity contribution in [3.63, 3.8) is 0 Å². The van der Waals surface area contributed by atoms with E-state index in [-0.39, 0.29) is 28.7 Å². The molecular weight excluding hydrogens is 298 g/mol. The van der Waals surface area contributed by atoms with Crippen LogP contribution in [0.15, 0.2) is 46.9 Å². The van der Waals surface area contributed by atoms with E-state index in [1.165, 1.54) is 19.2 Å². The van der Waals surface area contributed by atoms with Crippen molar-refractivity contribution >= 4 is 21.6 Å². The van der Waals surface area contributed by atoms with Gasteiger partial charge in [0.15, 0.2) is 5.76 Å². The lowest BCUT2D eigenvalue weighted by atomic mass is 10.1. The molecule has 0 atom stereocenters. The van der Waals surface area contributed by atoms with Crippen LogP contribution < -0.4 is 0 Å². The number of aliphatic hydroxyl groups is 1. The molecule has 21 heavy (non-hydrogen) atoms. The van der Waals surface area contributed by atoms with E-state index in [0.29, 0.717) is 0 Å². The van der Waals surface area contributed by atoms with Gasteiger partial charge in [-0.05, 0) is 12.1 Å². The molecule has 1 aromatic rings. The first-order valence-corrected chi connectivity index (χ1v) is 7.39. The number of rotatable bonds is 2. The van der Waals surface area contributed by atoms with Gasteiger partial charge < -0.3 is 14.6 Å². The molecule has 8 heteroatoms. The Balaban J connectivity index is 2.22. The van der Waals surface area contributed by atoms with E-state index in [1.807, 2.05) is 0 Å². The van der Waals surface area contributed by atoms with Gasteiger partial charge in [0.2, 0.25) is 12.6 Å². The number of likely N-dealkylation sites (N-methyl/N-ethyl adjacent to an activating group) is 1. The average molecular weight is 309 g/mol. The van der Waals surface area contributed by atoms with Gasteiger partial charge in [-0.1, -0.05) is 12.1 Å². The van der Waals surface area contributed by atoms with Crippen molar-refractivity contribution in [2.75, 3.05) is 13.8 Å². The zero-order chi connectivity index (χ0) is 15.2. The Morgan fingerprint density at radius 3 is 2.71 bits per heavy atom.